The average Bonchev–Trinajstić information content (AvgIpc) is 3.53. The number of likely N-dealkylation sites (tertiary alicyclic amines) is 1. The molecule has 0 atom stereocenters. The molecule has 1 N–H and O–H groups in total. The Balaban J connectivity index is 1.47. The molecule has 216 valence electrons. The number of nitrogens with zero attached hydrogens (tertiary/aromatic N) is 5. The van der Waals surface area contributed by atoms with Crippen molar-refractivity contribution in [2.24, 2.45) is 0 Å². The van der Waals surface area contributed by atoms with Crippen molar-refractivity contribution in [2.45, 2.75) is 71.8 Å². The maximum atomic E-state index is 14.0. The molecule has 1 aliphatic heterocycles. The Morgan fingerprint density at radius 3 is 2.44 bits per heavy atom. The molecule has 0 bridgehead atoms. The van der Waals surface area contributed by atoms with Crippen LogP contribution in [0.2, 0.25) is 0 Å². The first-order valence-electron chi connectivity index (χ1n) is 15.6. The zero-order valence-corrected chi connectivity index (χ0v) is 24.5. The SMILES string of the molecule is CCCCN(CCCC)C(=O)c1ccc2c(c1)n(CCCN1CCCCC1)c1nc3c([nH]c4ccccc43)c(=O)n21. The van der Waals surface area contributed by atoms with Crippen LogP contribution in [0.15, 0.2) is 47.3 Å². The van der Waals surface area contributed by atoms with E-state index in [-0.39, 0.29) is 11.5 Å². The van der Waals surface area contributed by atoms with E-state index in [0.29, 0.717) is 22.4 Å². The fourth-order valence-electron chi connectivity index (χ4n) is 6.37. The van der Waals surface area contributed by atoms with E-state index in [9.17, 15) is 9.59 Å². The summed E-state index contributed by atoms with van der Waals surface area (Å²) in [4.78, 5) is 40.7. The summed E-state index contributed by atoms with van der Waals surface area (Å²) < 4.78 is 3.90. The lowest BCUT2D eigenvalue weighted by atomic mass is 10.1. The minimum atomic E-state index is -0.104. The van der Waals surface area contributed by atoms with Crippen LogP contribution in [0.3, 0.4) is 0 Å². The number of para-hydroxylation sites is 1. The summed E-state index contributed by atoms with van der Waals surface area (Å²) in [7, 11) is 0. The van der Waals surface area contributed by atoms with Gasteiger partial charge in [0.1, 0.15) is 11.0 Å². The largest absolute Gasteiger partial charge is 0.349 e. The number of rotatable bonds is 11. The number of piperidine rings is 1. The predicted octanol–water partition coefficient (Wildman–Crippen LogP) is 6.20. The molecule has 8 nitrogen and oxygen atoms in total. The van der Waals surface area contributed by atoms with Crippen molar-refractivity contribution in [3.05, 3.63) is 58.4 Å². The summed E-state index contributed by atoms with van der Waals surface area (Å²) in [5.41, 5.74) is 4.38. The molecule has 5 aromatic rings. The summed E-state index contributed by atoms with van der Waals surface area (Å²) in [5, 5.41) is 0.950. The molecule has 2 aromatic carbocycles. The highest BCUT2D eigenvalue weighted by atomic mass is 16.2. The topological polar surface area (TPSA) is 78.6 Å². The van der Waals surface area contributed by atoms with Crippen molar-refractivity contribution < 1.29 is 4.79 Å². The van der Waals surface area contributed by atoms with Crippen molar-refractivity contribution in [3.8, 4) is 0 Å². The number of hydrogen-bond donors (Lipinski definition) is 1. The van der Waals surface area contributed by atoms with E-state index in [4.69, 9.17) is 4.98 Å². The van der Waals surface area contributed by atoms with Crippen LogP contribution in [0, 0.1) is 0 Å². The zero-order chi connectivity index (χ0) is 28.3. The second-order valence-corrected chi connectivity index (χ2v) is 11.6. The maximum absolute atomic E-state index is 14.0. The van der Waals surface area contributed by atoms with Crippen molar-refractivity contribution in [2.75, 3.05) is 32.7 Å². The monoisotopic (exact) mass is 554 g/mol. The molecule has 8 heteroatoms. The number of carbonyl (C=O) groups is 1. The summed E-state index contributed by atoms with van der Waals surface area (Å²) in [6.07, 6.45) is 8.90. The molecular weight excluding hydrogens is 512 g/mol. The van der Waals surface area contributed by atoms with E-state index in [1.165, 1.54) is 19.3 Å². The first-order chi connectivity index (χ1) is 20.1. The highest BCUT2D eigenvalue weighted by molar-refractivity contribution is 6.05. The van der Waals surface area contributed by atoms with Crippen LogP contribution >= 0.6 is 0 Å². The van der Waals surface area contributed by atoms with E-state index < -0.39 is 0 Å². The number of carbonyl (C=O) groups excluding carboxylic acids is 1. The number of aromatic amines is 1. The van der Waals surface area contributed by atoms with Crippen LogP contribution in [-0.2, 0) is 6.54 Å². The lowest BCUT2D eigenvalue weighted by Gasteiger charge is -2.26. The fourth-order valence-corrected chi connectivity index (χ4v) is 6.37. The van der Waals surface area contributed by atoms with Crippen molar-refractivity contribution in [1.29, 1.82) is 0 Å². The van der Waals surface area contributed by atoms with Crippen LogP contribution in [0.1, 0.15) is 75.6 Å². The van der Waals surface area contributed by atoms with Gasteiger partial charge in [0.25, 0.3) is 11.5 Å². The molecule has 0 aliphatic carbocycles. The lowest BCUT2D eigenvalue weighted by molar-refractivity contribution is 0.0751. The van der Waals surface area contributed by atoms with Gasteiger partial charge in [-0.05, 0) is 76.0 Å². The first-order valence-corrected chi connectivity index (χ1v) is 15.6. The third kappa shape index (κ3) is 5.25. The zero-order valence-electron chi connectivity index (χ0n) is 24.5. The van der Waals surface area contributed by atoms with E-state index in [1.807, 2.05) is 47.4 Å². The highest BCUT2D eigenvalue weighted by Gasteiger charge is 2.22. The van der Waals surface area contributed by atoms with E-state index in [0.717, 1.165) is 93.3 Å². The number of aryl methyl sites for hydroxylation is 1. The fraction of sp³-hybridized carbons (Fsp3) is 0.485. The van der Waals surface area contributed by atoms with Crippen molar-refractivity contribution >= 4 is 44.7 Å². The highest BCUT2D eigenvalue weighted by Crippen LogP contribution is 2.27. The molecule has 0 spiro atoms. The van der Waals surface area contributed by atoms with Gasteiger partial charge in [-0.3, -0.25) is 9.59 Å². The van der Waals surface area contributed by atoms with Crippen LogP contribution < -0.4 is 5.56 Å². The Labute approximate surface area is 240 Å². The van der Waals surface area contributed by atoms with Gasteiger partial charge < -0.3 is 19.4 Å². The standard InChI is InChI=1S/C33H42N6O2/c1-3-5-20-37(21-6-4-2)31(40)24-15-16-27-28(23-24)38(22-12-19-36-17-10-7-11-18-36)33-35-29-25-13-8-9-14-26(25)34-30(29)32(41)39(27)33/h8-9,13-16,23,34H,3-7,10-12,17-22H2,1-2H3. The molecule has 1 aliphatic rings. The lowest BCUT2D eigenvalue weighted by Crippen LogP contribution is -2.33. The summed E-state index contributed by atoms with van der Waals surface area (Å²) >= 11 is 0. The Kier molecular flexibility index (Phi) is 8.10. The van der Waals surface area contributed by atoms with E-state index >= 15 is 0 Å². The number of unbranched alkanes of at least 4 members (excludes halogenated alkanes) is 2. The molecule has 3 aromatic heterocycles. The minimum Gasteiger partial charge on any atom is -0.349 e. The number of nitrogens with one attached hydrogen (secondary N) is 1. The number of imidazole rings is 1. The van der Waals surface area contributed by atoms with Gasteiger partial charge in [-0.15, -0.1) is 0 Å². The van der Waals surface area contributed by atoms with Gasteiger partial charge in [-0.25, -0.2) is 9.38 Å². The molecule has 4 heterocycles. The minimum absolute atomic E-state index is 0.0670. The summed E-state index contributed by atoms with van der Waals surface area (Å²) in [6.45, 7) is 9.92. The Morgan fingerprint density at radius 1 is 0.927 bits per heavy atom. The van der Waals surface area contributed by atoms with Gasteiger partial charge in [-0.1, -0.05) is 51.3 Å². The second-order valence-electron chi connectivity index (χ2n) is 11.6. The van der Waals surface area contributed by atoms with Gasteiger partial charge in [-0.2, -0.15) is 0 Å². The van der Waals surface area contributed by atoms with Crippen molar-refractivity contribution in [3.63, 3.8) is 0 Å². The van der Waals surface area contributed by atoms with Gasteiger partial charge in [0, 0.05) is 36.1 Å². The molecule has 1 amide bonds. The number of fused-ring (bicyclic) bond motifs is 6. The van der Waals surface area contributed by atoms with Gasteiger partial charge >= 0.3 is 0 Å². The van der Waals surface area contributed by atoms with Crippen LogP contribution in [0.4, 0.5) is 0 Å². The average molecular weight is 555 g/mol. The molecule has 6 rings (SSSR count). The Bertz CT molecular complexity index is 1730. The molecule has 1 saturated heterocycles. The Morgan fingerprint density at radius 2 is 1.68 bits per heavy atom. The van der Waals surface area contributed by atoms with Crippen LogP contribution in [-0.4, -0.2) is 67.4 Å². The molecule has 0 saturated carbocycles. The number of H-pyrrole nitrogens is 1. The quantitative estimate of drug-likeness (QED) is 0.211. The van der Waals surface area contributed by atoms with Crippen LogP contribution in [0.5, 0.6) is 0 Å². The third-order valence-corrected chi connectivity index (χ3v) is 8.66. The van der Waals surface area contributed by atoms with Crippen molar-refractivity contribution in [1.82, 2.24) is 28.7 Å². The third-order valence-electron chi connectivity index (χ3n) is 8.66. The number of aromatic nitrogens is 4. The predicted molar refractivity (Wildman–Crippen MR) is 167 cm³/mol. The number of amides is 1. The van der Waals surface area contributed by atoms with Gasteiger partial charge in [0.15, 0.2) is 0 Å². The van der Waals surface area contributed by atoms with E-state index in [2.05, 4.69) is 28.3 Å². The molecule has 0 radical (unpaired) electrons. The van der Waals surface area contributed by atoms with E-state index in [1.54, 1.807) is 4.40 Å². The van der Waals surface area contributed by atoms with Gasteiger partial charge in [0.2, 0.25) is 5.78 Å². The Hall–Kier alpha value is -3.65. The normalized spacial score (nSPS) is 14.6. The molecule has 1 fully saturated rings. The molecule has 0 unspecified atom stereocenters. The molecule has 41 heavy (non-hydrogen) atoms. The number of benzene rings is 2. The summed E-state index contributed by atoms with van der Waals surface area (Å²) in [5.74, 6) is 0.705. The smallest absolute Gasteiger partial charge is 0.283 e. The maximum Gasteiger partial charge on any atom is 0.283 e. The van der Waals surface area contributed by atoms with Gasteiger partial charge in [0.05, 0.1) is 11.0 Å². The van der Waals surface area contributed by atoms with Crippen LogP contribution in [0.25, 0.3) is 38.7 Å². The first kappa shape index (κ1) is 27.5. The molecular formula is C33H42N6O2. The summed E-state index contributed by atoms with van der Waals surface area (Å²) in [6, 6.07) is 13.8. The second kappa shape index (κ2) is 12.1. The number of hydrogen-bond acceptors (Lipinski definition) is 4.